The molecule has 0 bridgehead atoms. The molecule has 0 aliphatic carbocycles. The van der Waals surface area contributed by atoms with Gasteiger partial charge in [0.05, 0.1) is 10.6 Å². The zero-order valence-corrected chi connectivity index (χ0v) is 25.3. The van der Waals surface area contributed by atoms with Crippen molar-refractivity contribution in [3.05, 3.63) is 94.5 Å². The van der Waals surface area contributed by atoms with Crippen LogP contribution in [0.1, 0.15) is 50.3 Å². The molecule has 9 heteroatoms. The van der Waals surface area contributed by atoms with Crippen molar-refractivity contribution in [2.45, 2.75) is 71.0 Å². The Morgan fingerprint density at radius 3 is 2.12 bits per heavy atom. The Kier molecular flexibility index (Phi) is 10.8. The van der Waals surface area contributed by atoms with Crippen molar-refractivity contribution in [3.63, 3.8) is 0 Å². The highest BCUT2D eigenvalue weighted by Gasteiger charge is 2.34. The first-order valence-corrected chi connectivity index (χ1v) is 15.3. The minimum Gasteiger partial charge on any atom is -0.352 e. The quantitative estimate of drug-likeness (QED) is 0.289. The van der Waals surface area contributed by atoms with Crippen molar-refractivity contribution in [2.75, 3.05) is 10.8 Å². The van der Waals surface area contributed by atoms with Crippen molar-refractivity contribution in [1.29, 1.82) is 0 Å². The molecule has 3 aromatic rings. The lowest BCUT2D eigenvalue weighted by atomic mass is 10.1. The highest BCUT2D eigenvalue weighted by molar-refractivity contribution is 7.92. The third-order valence-corrected chi connectivity index (χ3v) is 9.10. The third kappa shape index (κ3) is 7.43. The van der Waals surface area contributed by atoms with E-state index >= 15 is 0 Å². The van der Waals surface area contributed by atoms with Crippen molar-refractivity contribution in [2.24, 2.45) is 0 Å². The Hall–Kier alpha value is -3.36. The second kappa shape index (κ2) is 13.8. The van der Waals surface area contributed by atoms with Gasteiger partial charge in [0.1, 0.15) is 12.6 Å². The van der Waals surface area contributed by atoms with E-state index in [1.807, 2.05) is 39.8 Å². The molecule has 3 rings (SSSR count). The molecule has 0 radical (unpaired) electrons. The summed E-state index contributed by atoms with van der Waals surface area (Å²) in [7, 11) is -4.12. The van der Waals surface area contributed by atoms with Crippen molar-refractivity contribution >= 4 is 39.1 Å². The first kappa shape index (κ1) is 31.2. The number of rotatable bonds is 12. The van der Waals surface area contributed by atoms with Gasteiger partial charge in [0.25, 0.3) is 10.0 Å². The molecule has 1 N–H and O–H groups in total. The fraction of sp³-hybridized carbons (Fsp3) is 0.355. The van der Waals surface area contributed by atoms with Crippen LogP contribution in [-0.4, -0.2) is 43.8 Å². The predicted molar refractivity (Wildman–Crippen MR) is 161 cm³/mol. The Morgan fingerprint density at radius 1 is 0.900 bits per heavy atom. The van der Waals surface area contributed by atoms with E-state index in [2.05, 4.69) is 5.32 Å². The zero-order valence-electron chi connectivity index (χ0n) is 23.7. The zero-order chi connectivity index (χ0) is 29.4. The summed E-state index contributed by atoms with van der Waals surface area (Å²) in [4.78, 5) is 29.0. The number of para-hydroxylation sites is 1. The number of nitrogens with one attached hydrogen (secondary N) is 1. The van der Waals surface area contributed by atoms with Crippen LogP contribution in [0.5, 0.6) is 0 Å². The Bertz CT molecular complexity index is 1430. The Labute approximate surface area is 243 Å². The highest BCUT2D eigenvalue weighted by Crippen LogP contribution is 2.28. The number of benzene rings is 3. The first-order valence-electron chi connectivity index (χ1n) is 13.5. The summed E-state index contributed by atoms with van der Waals surface area (Å²) in [5, 5.41) is 3.43. The molecule has 0 aliphatic rings. The number of amides is 2. The van der Waals surface area contributed by atoms with Crippen LogP contribution in [0.25, 0.3) is 0 Å². The van der Waals surface area contributed by atoms with Gasteiger partial charge in [0.2, 0.25) is 11.8 Å². The number of halogens is 1. The van der Waals surface area contributed by atoms with Gasteiger partial charge in [0.15, 0.2) is 0 Å². The monoisotopic (exact) mass is 583 g/mol. The lowest BCUT2D eigenvalue weighted by Gasteiger charge is -2.34. The van der Waals surface area contributed by atoms with E-state index in [1.54, 1.807) is 55.5 Å². The molecule has 0 spiro atoms. The topological polar surface area (TPSA) is 86.8 Å². The van der Waals surface area contributed by atoms with Gasteiger partial charge in [-0.1, -0.05) is 79.5 Å². The summed E-state index contributed by atoms with van der Waals surface area (Å²) in [6.07, 6.45) is 1.07. The number of hydrogen-bond donors (Lipinski definition) is 1. The van der Waals surface area contributed by atoms with Gasteiger partial charge in [-0.05, 0) is 69.0 Å². The van der Waals surface area contributed by atoms with E-state index in [4.69, 9.17) is 11.6 Å². The fourth-order valence-electron chi connectivity index (χ4n) is 4.36. The Balaban J connectivity index is 2.08. The SMILES string of the molecule is CCC(C)NC(=O)C(CC)N(Cc1ccccc1Cl)C(=O)CN(c1ccccc1C)S(=O)(=O)c1ccc(C)cc1. The number of anilines is 1. The summed E-state index contributed by atoms with van der Waals surface area (Å²) in [5.41, 5.74) is 2.68. The molecule has 0 aliphatic heterocycles. The number of carbonyl (C=O) groups excluding carboxylic acids is 2. The lowest BCUT2D eigenvalue weighted by molar-refractivity contribution is -0.140. The van der Waals surface area contributed by atoms with E-state index in [1.165, 1.54) is 17.0 Å². The maximum atomic E-state index is 14.1. The van der Waals surface area contributed by atoms with E-state index < -0.39 is 28.5 Å². The number of aryl methyl sites for hydroxylation is 2. The minimum atomic E-state index is -4.12. The van der Waals surface area contributed by atoms with Crippen LogP contribution in [0.3, 0.4) is 0 Å². The van der Waals surface area contributed by atoms with E-state index in [0.717, 1.165) is 16.3 Å². The van der Waals surface area contributed by atoms with Crippen LogP contribution < -0.4 is 9.62 Å². The average molecular weight is 584 g/mol. The standard InChI is InChI=1S/C31H38ClN3O4S/c1-6-24(5)33-31(37)28(7-2)34(20-25-13-9-10-14-27(25)32)30(36)21-35(29-15-11-8-12-23(29)4)40(38,39)26-18-16-22(3)17-19-26/h8-19,24,28H,6-7,20-21H2,1-5H3,(H,33,37). The molecular weight excluding hydrogens is 546 g/mol. The molecule has 2 amide bonds. The summed E-state index contributed by atoms with van der Waals surface area (Å²) in [6, 6.07) is 19.8. The van der Waals surface area contributed by atoms with Gasteiger partial charge in [0, 0.05) is 17.6 Å². The van der Waals surface area contributed by atoms with E-state index in [0.29, 0.717) is 28.3 Å². The van der Waals surface area contributed by atoms with Gasteiger partial charge in [-0.3, -0.25) is 13.9 Å². The van der Waals surface area contributed by atoms with Crippen LogP contribution in [-0.2, 0) is 26.2 Å². The molecule has 7 nitrogen and oxygen atoms in total. The molecule has 0 saturated carbocycles. The van der Waals surface area contributed by atoms with Crippen LogP contribution in [0, 0.1) is 13.8 Å². The molecule has 40 heavy (non-hydrogen) atoms. The van der Waals surface area contributed by atoms with Crippen LogP contribution >= 0.6 is 11.6 Å². The summed E-state index contributed by atoms with van der Waals surface area (Å²) >= 11 is 6.45. The number of nitrogens with zero attached hydrogens (tertiary/aromatic N) is 2. The van der Waals surface area contributed by atoms with Crippen molar-refractivity contribution in [1.82, 2.24) is 10.2 Å². The van der Waals surface area contributed by atoms with Gasteiger partial charge in [-0.15, -0.1) is 0 Å². The molecule has 0 heterocycles. The number of hydrogen-bond acceptors (Lipinski definition) is 4. The molecule has 0 saturated heterocycles. The smallest absolute Gasteiger partial charge is 0.264 e. The molecule has 214 valence electrons. The Morgan fingerprint density at radius 2 is 1.52 bits per heavy atom. The molecule has 2 atom stereocenters. The summed E-state index contributed by atoms with van der Waals surface area (Å²) in [6.45, 7) is 8.94. The van der Waals surface area contributed by atoms with Gasteiger partial charge >= 0.3 is 0 Å². The first-order chi connectivity index (χ1) is 19.0. The second-order valence-corrected chi connectivity index (χ2v) is 12.2. The maximum absolute atomic E-state index is 14.1. The van der Waals surface area contributed by atoms with Crippen LogP contribution in [0.4, 0.5) is 5.69 Å². The number of carbonyl (C=O) groups is 2. The van der Waals surface area contributed by atoms with Gasteiger partial charge in [-0.2, -0.15) is 0 Å². The van der Waals surface area contributed by atoms with Crippen LogP contribution in [0.15, 0.2) is 77.7 Å². The average Bonchev–Trinajstić information content (AvgIpc) is 2.93. The molecule has 3 aromatic carbocycles. The highest BCUT2D eigenvalue weighted by atomic mass is 35.5. The minimum absolute atomic E-state index is 0.0527. The van der Waals surface area contributed by atoms with Crippen molar-refractivity contribution < 1.29 is 18.0 Å². The van der Waals surface area contributed by atoms with E-state index in [-0.39, 0.29) is 23.4 Å². The lowest BCUT2D eigenvalue weighted by Crippen LogP contribution is -2.53. The molecule has 0 aromatic heterocycles. The maximum Gasteiger partial charge on any atom is 0.264 e. The van der Waals surface area contributed by atoms with Crippen molar-refractivity contribution in [3.8, 4) is 0 Å². The fourth-order valence-corrected chi connectivity index (χ4v) is 6.04. The normalized spacial score (nSPS) is 12.8. The molecular formula is C31H38ClN3O4S. The van der Waals surface area contributed by atoms with Gasteiger partial charge in [-0.25, -0.2) is 8.42 Å². The van der Waals surface area contributed by atoms with Gasteiger partial charge < -0.3 is 10.2 Å². The van der Waals surface area contributed by atoms with E-state index in [9.17, 15) is 18.0 Å². The summed E-state index contributed by atoms with van der Waals surface area (Å²) < 4.78 is 29.1. The molecule has 0 fully saturated rings. The third-order valence-electron chi connectivity index (χ3n) is 6.96. The summed E-state index contributed by atoms with van der Waals surface area (Å²) in [5.74, 6) is -0.800. The number of sulfonamides is 1. The largest absolute Gasteiger partial charge is 0.352 e. The predicted octanol–water partition coefficient (Wildman–Crippen LogP) is 5.87. The molecule has 2 unspecified atom stereocenters. The second-order valence-electron chi connectivity index (χ2n) is 9.97. The van der Waals surface area contributed by atoms with Crippen LogP contribution in [0.2, 0.25) is 5.02 Å².